The Kier molecular flexibility index (Phi) is 4.52. The third-order valence-electron chi connectivity index (χ3n) is 2.35. The van der Waals surface area contributed by atoms with Gasteiger partial charge in [-0.2, -0.15) is 15.0 Å². The van der Waals surface area contributed by atoms with Crippen molar-refractivity contribution in [2.75, 3.05) is 24.3 Å². The molecule has 2 aromatic rings. The average molecular weight is 298 g/mol. The summed E-state index contributed by atoms with van der Waals surface area (Å²) in [6.07, 6.45) is 0. The van der Waals surface area contributed by atoms with Gasteiger partial charge < -0.3 is 15.4 Å². The van der Waals surface area contributed by atoms with Gasteiger partial charge in [0.15, 0.2) is 11.6 Å². The Labute approximate surface area is 120 Å². The van der Waals surface area contributed by atoms with Crippen molar-refractivity contribution in [3.8, 4) is 5.75 Å². The number of nitrogens with zero attached hydrogens (tertiary/aromatic N) is 3. The van der Waals surface area contributed by atoms with Crippen LogP contribution in [-0.4, -0.2) is 28.6 Å². The van der Waals surface area contributed by atoms with Crippen molar-refractivity contribution in [3.63, 3.8) is 0 Å². The molecule has 0 atom stereocenters. The van der Waals surface area contributed by atoms with Crippen LogP contribution in [0.15, 0.2) is 18.2 Å². The number of methoxy groups -OCH3 is 1. The van der Waals surface area contributed by atoms with E-state index in [1.165, 1.54) is 19.2 Å². The highest BCUT2D eigenvalue weighted by atomic mass is 35.5. The summed E-state index contributed by atoms with van der Waals surface area (Å²) < 4.78 is 18.4. The number of nitrogens with one attached hydrogen (secondary N) is 2. The highest BCUT2D eigenvalue weighted by Crippen LogP contribution is 2.22. The van der Waals surface area contributed by atoms with Crippen LogP contribution in [0.3, 0.4) is 0 Å². The summed E-state index contributed by atoms with van der Waals surface area (Å²) >= 11 is 5.79. The molecule has 0 unspecified atom stereocenters. The van der Waals surface area contributed by atoms with Gasteiger partial charge in [-0.05, 0) is 30.7 Å². The quantitative estimate of drug-likeness (QED) is 0.884. The van der Waals surface area contributed by atoms with E-state index in [1.807, 2.05) is 6.92 Å². The number of anilines is 3. The topological polar surface area (TPSA) is 72.0 Å². The third kappa shape index (κ3) is 3.45. The number of benzene rings is 1. The number of rotatable bonds is 5. The van der Waals surface area contributed by atoms with E-state index in [0.29, 0.717) is 18.2 Å². The summed E-state index contributed by atoms with van der Waals surface area (Å²) in [5, 5.41) is 5.83. The number of halogens is 2. The maximum atomic E-state index is 13.6. The van der Waals surface area contributed by atoms with E-state index in [1.54, 1.807) is 6.07 Å². The molecule has 8 heteroatoms. The molecule has 0 radical (unpaired) electrons. The van der Waals surface area contributed by atoms with E-state index in [-0.39, 0.29) is 17.0 Å². The van der Waals surface area contributed by atoms with Crippen LogP contribution in [-0.2, 0) is 0 Å². The van der Waals surface area contributed by atoms with Crippen molar-refractivity contribution in [1.29, 1.82) is 0 Å². The van der Waals surface area contributed by atoms with Gasteiger partial charge >= 0.3 is 0 Å². The van der Waals surface area contributed by atoms with E-state index in [9.17, 15) is 4.39 Å². The number of aromatic nitrogens is 3. The monoisotopic (exact) mass is 297 g/mol. The van der Waals surface area contributed by atoms with Gasteiger partial charge in [0.05, 0.1) is 7.11 Å². The molecule has 6 nitrogen and oxygen atoms in total. The van der Waals surface area contributed by atoms with Crippen LogP contribution in [0.5, 0.6) is 5.75 Å². The fourth-order valence-electron chi connectivity index (χ4n) is 1.52. The predicted octanol–water partition coefficient (Wildman–Crippen LogP) is 2.85. The minimum absolute atomic E-state index is 0.0485. The van der Waals surface area contributed by atoms with Gasteiger partial charge in [0.25, 0.3) is 0 Å². The third-order valence-corrected chi connectivity index (χ3v) is 2.52. The minimum Gasteiger partial charge on any atom is -0.494 e. The molecule has 1 aromatic carbocycles. The van der Waals surface area contributed by atoms with Crippen LogP contribution in [0.2, 0.25) is 5.28 Å². The van der Waals surface area contributed by atoms with Crippen molar-refractivity contribution in [3.05, 3.63) is 29.3 Å². The maximum Gasteiger partial charge on any atom is 0.233 e. The molecule has 1 heterocycles. The number of hydrogen-bond donors (Lipinski definition) is 2. The van der Waals surface area contributed by atoms with Gasteiger partial charge in [0.1, 0.15) is 0 Å². The zero-order valence-electron chi connectivity index (χ0n) is 10.9. The Morgan fingerprint density at radius 1 is 1.25 bits per heavy atom. The van der Waals surface area contributed by atoms with Crippen molar-refractivity contribution < 1.29 is 9.13 Å². The molecule has 106 valence electrons. The summed E-state index contributed by atoms with van der Waals surface area (Å²) in [6.45, 7) is 2.56. The molecular formula is C12H13ClFN5O. The lowest BCUT2D eigenvalue weighted by molar-refractivity contribution is 0.386. The van der Waals surface area contributed by atoms with E-state index in [2.05, 4.69) is 25.6 Å². The first-order valence-electron chi connectivity index (χ1n) is 5.88. The molecule has 0 fully saturated rings. The van der Waals surface area contributed by atoms with Crippen molar-refractivity contribution in [2.24, 2.45) is 0 Å². The standard InChI is InChI=1S/C12H13ClFN5O/c1-3-15-11-17-10(13)18-12(19-11)16-7-4-5-9(20-2)8(14)6-7/h4-6H,3H2,1-2H3,(H2,15,16,17,18,19). The first kappa shape index (κ1) is 14.3. The number of hydrogen-bond acceptors (Lipinski definition) is 6. The van der Waals surface area contributed by atoms with E-state index in [0.717, 1.165) is 0 Å². The Hall–Kier alpha value is -2.15. The zero-order chi connectivity index (χ0) is 14.5. The van der Waals surface area contributed by atoms with Gasteiger partial charge in [0.2, 0.25) is 17.2 Å². The maximum absolute atomic E-state index is 13.6. The molecule has 0 saturated heterocycles. The normalized spacial score (nSPS) is 10.2. The van der Waals surface area contributed by atoms with E-state index in [4.69, 9.17) is 16.3 Å². The van der Waals surface area contributed by atoms with Crippen molar-refractivity contribution >= 4 is 29.2 Å². The molecule has 20 heavy (non-hydrogen) atoms. The molecule has 0 aliphatic carbocycles. The molecule has 1 aromatic heterocycles. The first-order valence-corrected chi connectivity index (χ1v) is 6.26. The second kappa shape index (κ2) is 6.33. The van der Waals surface area contributed by atoms with Crippen molar-refractivity contribution in [2.45, 2.75) is 6.92 Å². The molecule has 0 saturated carbocycles. The molecule has 2 rings (SSSR count). The lowest BCUT2D eigenvalue weighted by atomic mass is 10.3. The summed E-state index contributed by atoms with van der Waals surface area (Å²) in [7, 11) is 1.40. The molecule has 0 aliphatic heterocycles. The second-order valence-electron chi connectivity index (χ2n) is 3.76. The van der Waals surface area contributed by atoms with Crippen molar-refractivity contribution in [1.82, 2.24) is 15.0 Å². The van der Waals surface area contributed by atoms with E-state index < -0.39 is 5.82 Å². The average Bonchev–Trinajstić information content (AvgIpc) is 2.38. The summed E-state index contributed by atoms with van der Waals surface area (Å²) in [5.74, 6) is 0.261. The van der Waals surface area contributed by atoms with Crippen LogP contribution < -0.4 is 15.4 Å². The highest BCUT2D eigenvalue weighted by Gasteiger charge is 2.07. The van der Waals surface area contributed by atoms with Crippen LogP contribution in [0, 0.1) is 5.82 Å². The zero-order valence-corrected chi connectivity index (χ0v) is 11.7. The van der Waals surface area contributed by atoms with Crippen LogP contribution in [0.1, 0.15) is 6.92 Å². The highest BCUT2D eigenvalue weighted by molar-refractivity contribution is 6.28. The molecule has 0 bridgehead atoms. The lowest BCUT2D eigenvalue weighted by Gasteiger charge is -2.08. The van der Waals surface area contributed by atoms with Crippen LogP contribution >= 0.6 is 11.6 Å². The Morgan fingerprint density at radius 2 is 2.00 bits per heavy atom. The molecule has 0 amide bonds. The Morgan fingerprint density at radius 3 is 2.65 bits per heavy atom. The summed E-state index contributed by atoms with van der Waals surface area (Å²) in [6, 6.07) is 4.43. The minimum atomic E-state index is -0.482. The van der Waals surface area contributed by atoms with E-state index >= 15 is 0 Å². The van der Waals surface area contributed by atoms with Gasteiger partial charge in [-0.3, -0.25) is 0 Å². The van der Waals surface area contributed by atoms with Crippen LogP contribution in [0.25, 0.3) is 0 Å². The fourth-order valence-corrected chi connectivity index (χ4v) is 1.68. The fraction of sp³-hybridized carbons (Fsp3) is 0.250. The van der Waals surface area contributed by atoms with Gasteiger partial charge in [0, 0.05) is 18.3 Å². The molecular weight excluding hydrogens is 285 g/mol. The lowest BCUT2D eigenvalue weighted by Crippen LogP contribution is -2.06. The van der Waals surface area contributed by atoms with Crippen LogP contribution in [0.4, 0.5) is 22.0 Å². The molecule has 0 aliphatic rings. The largest absolute Gasteiger partial charge is 0.494 e. The first-order chi connectivity index (χ1) is 9.62. The summed E-state index contributed by atoms with van der Waals surface area (Å²) in [4.78, 5) is 11.9. The smallest absolute Gasteiger partial charge is 0.233 e. The number of ether oxygens (including phenoxy) is 1. The molecule has 2 N–H and O–H groups in total. The Balaban J connectivity index is 2.23. The Bertz CT molecular complexity index is 610. The summed E-state index contributed by atoms with van der Waals surface area (Å²) in [5.41, 5.74) is 0.480. The van der Waals surface area contributed by atoms with Gasteiger partial charge in [-0.15, -0.1) is 0 Å². The van der Waals surface area contributed by atoms with Gasteiger partial charge in [-0.1, -0.05) is 0 Å². The SMILES string of the molecule is CCNc1nc(Cl)nc(Nc2ccc(OC)c(F)c2)n1. The molecule has 0 spiro atoms. The van der Waals surface area contributed by atoms with Gasteiger partial charge in [-0.25, -0.2) is 4.39 Å². The second-order valence-corrected chi connectivity index (χ2v) is 4.09. The predicted molar refractivity (Wildman–Crippen MR) is 75.2 cm³/mol.